The van der Waals surface area contributed by atoms with E-state index in [0.717, 1.165) is 23.5 Å². The van der Waals surface area contributed by atoms with Crippen LogP contribution in [0, 0.1) is 5.92 Å². The Morgan fingerprint density at radius 3 is 2.09 bits per heavy atom. The molecule has 1 saturated carbocycles. The largest absolute Gasteiger partial charge is 0.206 e. The fourth-order valence-electron chi connectivity index (χ4n) is 4.84. The predicted molar refractivity (Wildman–Crippen MR) is 138 cm³/mol. The zero-order valence-electron chi connectivity index (χ0n) is 20.0. The first-order valence-electron chi connectivity index (χ1n) is 12.5. The van der Waals surface area contributed by atoms with Crippen molar-refractivity contribution >= 4 is 11.1 Å². The predicted octanol–water partition coefficient (Wildman–Crippen LogP) is 9.68. The molecule has 0 heterocycles. The van der Waals surface area contributed by atoms with Crippen LogP contribution in [0.3, 0.4) is 0 Å². The van der Waals surface area contributed by atoms with Gasteiger partial charge in [-0.2, -0.15) is 0 Å². The lowest BCUT2D eigenvalue weighted by molar-refractivity contribution is 0.303. The van der Waals surface area contributed by atoms with E-state index in [2.05, 4.69) is 51.3 Å². The average molecular weight is 431 g/mol. The first-order chi connectivity index (χ1) is 15.5. The van der Waals surface area contributed by atoms with E-state index in [1.165, 1.54) is 68.6 Å². The van der Waals surface area contributed by atoms with E-state index in [0.29, 0.717) is 17.1 Å². The molecule has 1 heteroatoms. The van der Waals surface area contributed by atoms with Crippen LogP contribution in [0.5, 0.6) is 0 Å². The van der Waals surface area contributed by atoms with Gasteiger partial charge in [-0.3, -0.25) is 0 Å². The van der Waals surface area contributed by atoms with Gasteiger partial charge in [0, 0.05) is 5.57 Å². The van der Waals surface area contributed by atoms with Gasteiger partial charge in [0.05, 0.1) is 0 Å². The lowest BCUT2D eigenvalue weighted by Crippen LogP contribution is -2.13. The molecule has 1 aliphatic rings. The molecule has 0 spiro atoms. The summed E-state index contributed by atoms with van der Waals surface area (Å²) in [7, 11) is 0. The Bertz CT molecular complexity index is 906. The molecule has 1 aliphatic carbocycles. The maximum absolute atomic E-state index is 14.8. The molecule has 0 radical (unpaired) electrons. The standard InChI is InChI=1S/C31H39F/c1-5-7-8-9-26-12-16-29(17-13-26)30-20-18-27(19-21-30)23(3)22-31(32)24(4)28-14-10-25(6-2)11-15-28/h10-11,14-15,18-22,26,29H,3-9,12-13,16-17H2,1-2H3. The molecule has 32 heavy (non-hydrogen) atoms. The van der Waals surface area contributed by atoms with E-state index in [4.69, 9.17) is 0 Å². The van der Waals surface area contributed by atoms with Crippen molar-refractivity contribution in [3.63, 3.8) is 0 Å². The van der Waals surface area contributed by atoms with Crippen LogP contribution in [0.2, 0.25) is 0 Å². The van der Waals surface area contributed by atoms with Crippen molar-refractivity contribution in [1.82, 2.24) is 0 Å². The Hall–Kier alpha value is -2.41. The molecule has 0 amide bonds. The van der Waals surface area contributed by atoms with E-state index in [9.17, 15) is 4.39 Å². The van der Waals surface area contributed by atoms with Crippen LogP contribution in [-0.2, 0) is 6.42 Å². The SMILES string of the molecule is C=C(C=C(F)C(=C)c1ccc(CC)cc1)c1ccc(C2CCC(CCCCC)CC2)cc1. The number of unbranched alkanes of at least 4 members (excludes halogenated alkanes) is 2. The summed E-state index contributed by atoms with van der Waals surface area (Å²) in [5, 5.41) is 0. The van der Waals surface area contributed by atoms with Gasteiger partial charge in [0.2, 0.25) is 0 Å². The molecule has 0 aliphatic heterocycles. The van der Waals surface area contributed by atoms with Gasteiger partial charge in [0.15, 0.2) is 0 Å². The van der Waals surface area contributed by atoms with Gasteiger partial charge in [-0.25, -0.2) is 4.39 Å². The fourth-order valence-corrected chi connectivity index (χ4v) is 4.84. The first kappa shape index (κ1) is 24.2. The second-order valence-electron chi connectivity index (χ2n) is 9.38. The van der Waals surface area contributed by atoms with Crippen molar-refractivity contribution in [2.24, 2.45) is 5.92 Å². The van der Waals surface area contributed by atoms with Crippen molar-refractivity contribution < 1.29 is 4.39 Å². The zero-order chi connectivity index (χ0) is 22.9. The van der Waals surface area contributed by atoms with Gasteiger partial charge in [0.25, 0.3) is 0 Å². The van der Waals surface area contributed by atoms with Gasteiger partial charge < -0.3 is 0 Å². The molecular formula is C31H39F. The molecule has 2 aromatic carbocycles. The number of aryl methyl sites for hydroxylation is 1. The topological polar surface area (TPSA) is 0 Å². The zero-order valence-corrected chi connectivity index (χ0v) is 20.0. The summed E-state index contributed by atoms with van der Waals surface area (Å²) in [5.41, 5.74) is 5.51. The van der Waals surface area contributed by atoms with E-state index in [1.807, 2.05) is 24.3 Å². The van der Waals surface area contributed by atoms with Crippen LogP contribution < -0.4 is 0 Å². The molecule has 1 fully saturated rings. The van der Waals surface area contributed by atoms with Gasteiger partial charge in [-0.05, 0) is 77.8 Å². The van der Waals surface area contributed by atoms with E-state index in [1.54, 1.807) is 0 Å². The van der Waals surface area contributed by atoms with Crippen LogP contribution in [0.1, 0.15) is 93.4 Å². The summed E-state index contributed by atoms with van der Waals surface area (Å²) in [6, 6.07) is 16.5. The second kappa shape index (κ2) is 12.0. The summed E-state index contributed by atoms with van der Waals surface area (Å²) < 4.78 is 14.8. The highest BCUT2D eigenvalue weighted by molar-refractivity contribution is 5.82. The van der Waals surface area contributed by atoms with Crippen LogP contribution in [0.4, 0.5) is 4.39 Å². The maximum Gasteiger partial charge on any atom is 0.131 e. The third-order valence-corrected chi connectivity index (χ3v) is 7.12. The Morgan fingerprint density at radius 2 is 1.50 bits per heavy atom. The highest BCUT2D eigenvalue weighted by Crippen LogP contribution is 2.38. The van der Waals surface area contributed by atoms with Gasteiger partial charge >= 0.3 is 0 Å². The van der Waals surface area contributed by atoms with E-state index < -0.39 is 0 Å². The van der Waals surface area contributed by atoms with Crippen molar-refractivity contribution in [2.75, 3.05) is 0 Å². The quantitative estimate of drug-likeness (QED) is 0.260. The number of rotatable bonds is 10. The van der Waals surface area contributed by atoms with Gasteiger partial charge in [-0.1, -0.05) is 101 Å². The summed E-state index contributed by atoms with van der Waals surface area (Å²) in [4.78, 5) is 0. The number of allylic oxidation sites excluding steroid dienone is 4. The minimum Gasteiger partial charge on any atom is -0.206 e. The molecule has 0 nitrogen and oxygen atoms in total. The minimum atomic E-state index is -0.329. The molecule has 0 unspecified atom stereocenters. The third-order valence-electron chi connectivity index (χ3n) is 7.12. The Labute approximate surface area is 195 Å². The monoisotopic (exact) mass is 430 g/mol. The summed E-state index contributed by atoms with van der Waals surface area (Å²) in [6.07, 6.45) is 13.3. The molecule has 0 atom stereocenters. The average Bonchev–Trinajstić information content (AvgIpc) is 2.84. The van der Waals surface area contributed by atoms with Crippen LogP contribution in [0.25, 0.3) is 11.1 Å². The molecule has 0 aromatic heterocycles. The van der Waals surface area contributed by atoms with Crippen molar-refractivity contribution in [2.45, 2.75) is 77.6 Å². The summed E-state index contributed by atoms with van der Waals surface area (Å²) in [6.45, 7) is 12.4. The van der Waals surface area contributed by atoms with Crippen molar-refractivity contribution in [3.05, 3.63) is 95.8 Å². The Morgan fingerprint density at radius 1 is 0.875 bits per heavy atom. The number of hydrogen-bond donors (Lipinski definition) is 0. The minimum absolute atomic E-state index is 0.329. The number of halogens is 1. The lowest BCUT2D eigenvalue weighted by Gasteiger charge is -2.29. The van der Waals surface area contributed by atoms with Crippen LogP contribution in [-0.4, -0.2) is 0 Å². The third kappa shape index (κ3) is 6.55. The molecule has 0 N–H and O–H groups in total. The summed E-state index contributed by atoms with van der Waals surface area (Å²) >= 11 is 0. The van der Waals surface area contributed by atoms with Crippen LogP contribution >= 0.6 is 0 Å². The van der Waals surface area contributed by atoms with Gasteiger partial charge in [0.1, 0.15) is 5.83 Å². The van der Waals surface area contributed by atoms with Crippen molar-refractivity contribution in [1.29, 1.82) is 0 Å². The maximum atomic E-state index is 14.8. The Balaban J connectivity index is 1.57. The highest BCUT2D eigenvalue weighted by Gasteiger charge is 2.22. The van der Waals surface area contributed by atoms with E-state index >= 15 is 0 Å². The lowest BCUT2D eigenvalue weighted by atomic mass is 9.77. The van der Waals surface area contributed by atoms with Crippen LogP contribution in [0.15, 0.2) is 73.6 Å². The fraction of sp³-hybridized carbons (Fsp3) is 0.419. The molecule has 170 valence electrons. The van der Waals surface area contributed by atoms with Crippen molar-refractivity contribution in [3.8, 4) is 0 Å². The Kier molecular flexibility index (Phi) is 9.09. The second-order valence-corrected chi connectivity index (χ2v) is 9.38. The molecule has 3 rings (SSSR count). The normalized spacial score (nSPS) is 19.0. The smallest absolute Gasteiger partial charge is 0.131 e. The highest BCUT2D eigenvalue weighted by atomic mass is 19.1. The number of benzene rings is 2. The molecule has 0 bridgehead atoms. The van der Waals surface area contributed by atoms with E-state index in [-0.39, 0.29) is 5.83 Å². The first-order valence-corrected chi connectivity index (χ1v) is 12.5. The summed E-state index contributed by atoms with van der Waals surface area (Å²) in [5.74, 6) is 1.26. The van der Waals surface area contributed by atoms with Gasteiger partial charge in [-0.15, -0.1) is 0 Å². The number of hydrogen-bond acceptors (Lipinski definition) is 0. The molecular weight excluding hydrogens is 391 g/mol. The molecule has 2 aromatic rings. The molecule has 0 saturated heterocycles.